The van der Waals surface area contributed by atoms with E-state index in [1.807, 2.05) is 6.92 Å². The summed E-state index contributed by atoms with van der Waals surface area (Å²) in [5.74, 6) is 1.77. The summed E-state index contributed by atoms with van der Waals surface area (Å²) in [4.78, 5) is 12.2. The molecule has 0 fully saturated rings. The molecule has 23 heavy (non-hydrogen) atoms. The molecule has 0 unspecified atom stereocenters. The Bertz CT molecular complexity index is 649. The second-order valence-corrected chi connectivity index (χ2v) is 4.78. The van der Waals surface area contributed by atoms with E-state index >= 15 is 0 Å². The molecule has 0 spiro atoms. The Balaban J connectivity index is 2.06. The zero-order chi connectivity index (χ0) is 16.7. The van der Waals surface area contributed by atoms with Gasteiger partial charge < -0.3 is 18.9 Å². The Morgan fingerprint density at radius 3 is 2.17 bits per heavy atom. The van der Waals surface area contributed by atoms with Crippen molar-refractivity contribution in [2.24, 2.45) is 0 Å². The van der Waals surface area contributed by atoms with Gasteiger partial charge in [-0.1, -0.05) is 6.92 Å². The SMILES string of the molecule is CCCOc1ccc(OC(=O)c2ccc(OC)c(OC)c2)cc1. The zero-order valence-electron chi connectivity index (χ0n) is 13.5. The van der Waals surface area contributed by atoms with Gasteiger partial charge in [0.1, 0.15) is 11.5 Å². The minimum Gasteiger partial charge on any atom is -0.494 e. The average Bonchev–Trinajstić information content (AvgIpc) is 2.60. The lowest BCUT2D eigenvalue weighted by Crippen LogP contribution is -2.09. The van der Waals surface area contributed by atoms with E-state index in [-0.39, 0.29) is 0 Å². The fourth-order valence-corrected chi connectivity index (χ4v) is 1.95. The molecule has 0 saturated carbocycles. The van der Waals surface area contributed by atoms with Crippen molar-refractivity contribution in [2.75, 3.05) is 20.8 Å². The summed E-state index contributed by atoms with van der Waals surface area (Å²) in [5.41, 5.74) is 0.383. The minimum atomic E-state index is -0.465. The van der Waals surface area contributed by atoms with E-state index in [0.717, 1.165) is 12.2 Å². The van der Waals surface area contributed by atoms with Crippen LogP contribution >= 0.6 is 0 Å². The van der Waals surface area contributed by atoms with Crippen LogP contribution in [0.5, 0.6) is 23.0 Å². The number of methoxy groups -OCH3 is 2. The molecule has 0 bridgehead atoms. The second kappa shape index (κ2) is 8.08. The summed E-state index contributed by atoms with van der Waals surface area (Å²) in [7, 11) is 3.06. The number of ether oxygens (including phenoxy) is 4. The number of carbonyl (C=O) groups excluding carboxylic acids is 1. The molecule has 0 amide bonds. The number of benzene rings is 2. The Labute approximate surface area is 135 Å². The highest BCUT2D eigenvalue weighted by molar-refractivity contribution is 5.91. The molecule has 0 aliphatic carbocycles. The molecule has 2 aromatic carbocycles. The third kappa shape index (κ3) is 4.39. The maximum Gasteiger partial charge on any atom is 0.343 e. The Morgan fingerprint density at radius 2 is 1.57 bits per heavy atom. The van der Waals surface area contributed by atoms with Gasteiger partial charge in [0.15, 0.2) is 11.5 Å². The summed E-state index contributed by atoms with van der Waals surface area (Å²) >= 11 is 0. The smallest absolute Gasteiger partial charge is 0.343 e. The first-order valence-electron chi connectivity index (χ1n) is 7.35. The van der Waals surface area contributed by atoms with Crippen LogP contribution in [-0.4, -0.2) is 26.8 Å². The van der Waals surface area contributed by atoms with Crippen LogP contribution in [0, 0.1) is 0 Å². The quantitative estimate of drug-likeness (QED) is 0.576. The van der Waals surface area contributed by atoms with E-state index in [1.165, 1.54) is 14.2 Å². The van der Waals surface area contributed by atoms with Crippen molar-refractivity contribution < 1.29 is 23.7 Å². The monoisotopic (exact) mass is 316 g/mol. The maximum absolute atomic E-state index is 12.2. The van der Waals surface area contributed by atoms with Gasteiger partial charge in [-0.05, 0) is 48.9 Å². The largest absolute Gasteiger partial charge is 0.494 e. The van der Waals surface area contributed by atoms with Crippen molar-refractivity contribution in [3.05, 3.63) is 48.0 Å². The molecule has 2 aromatic rings. The summed E-state index contributed by atoms with van der Waals surface area (Å²) in [6.07, 6.45) is 0.941. The fourth-order valence-electron chi connectivity index (χ4n) is 1.95. The highest BCUT2D eigenvalue weighted by Crippen LogP contribution is 2.28. The summed E-state index contributed by atoms with van der Waals surface area (Å²) in [6, 6.07) is 11.8. The maximum atomic E-state index is 12.2. The van der Waals surface area contributed by atoms with Gasteiger partial charge >= 0.3 is 5.97 Å². The summed E-state index contributed by atoms with van der Waals surface area (Å²) in [5, 5.41) is 0. The van der Waals surface area contributed by atoms with E-state index < -0.39 is 5.97 Å². The lowest BCUT2D eigenvalue weighted by molar-refractivity contribution is 0.0734. The molecule has 0 aliphatic rings. The number of hydrogen-bond acceptors (Lipinski definition) is 5. The molecular weight excluding hydrogens is 296 g/mol. The molecule has 0 N–H and O–H groups in total. The second-order valence-electron chi connectivity index (χ2n) is 4.78. The van der Waals surface area contributed by atoms with Gasteiger partial charge in [-0.15, -0.1) is 0 Å². The van der Waals surface area contributed by atoms with Crippen LogP contribution in [0.1, 0.15) is 23.7 Å². The first-order chi connectivity index (χ1) is 11.2. The molecule has 0 atom stereocenters. The van der Waals surface area contributed by atoms with Gasteiger partial charge in [-0.2, -0.15) is 0 Å². The van der Waals surface area contributed by atoms with Crippen molar-refractivity contribution in [1.82, 2.24) is 0 Å². The van der Waals surface area contributed by atoms with Crippen LogP contribution in [0.4, 0.5) is 0 Å². The highest BCUT2D eigenvalue weighted by atomic mass is 16.5. The third-order valence-electron chi connectivity index (χ3n) is 3.13. The van der Waals surface area contributed by atoms with Crippen molar-refractivity contribution >= 4 is 5.97 Å². The van der Waals surface area contributed by atoms with E-state index in [2.05, 4.69) is 0 Å². The van der Waals surface area contributed by atoms with E-state index in [0.29, 0.717) is 29.4 Å². The van der Waals surface area contributed by atoms with E-state index in [4.69, 9.17) is 18.9 Å². The van der Waals surface area contributed by atoms with Crippen LogP contribution in [0.25, 0.3) is 0 Å². The first kappa shape index (κ1) is 16.7. The lowest BCUT2D eigenvalue weighted by atomic mass is 10.2. The Morgan fingerprint density at radius 1 is 0.913 bits per heavy atom. The molecule has 5 nitrogen and oxygen atoms in total. The number of carbonyl (C=O) groups is 1. The topological polar surface area (TPSA) is 54.0 Å². The molecule has 0 saturated heterocycles. The standard InChI is InChI=1S/C18H20O5/c1-4-11-22-14-6-8-15(9-7-14)23-18(19)13-5-10-16(20-2)17(12-13)21-3/h5-10,12H,4,11H2,1-3H3. The number of esters is 1. The first-order valence-corrected chi connectivity index (χ1v) is 7.35. The molecule has 0 aliphatic heterocycles. The van der Waals surface area contributed by atoms with Crippen molar-refractivity contribution in [3.8, 4) is 23.0 Å². The Kier molecular flexibility index (Phi) is 5.86. The van der Waals surface area contributed by atoms with Crippen molar-refractivity contribution in [3.63, 3.8) is 0 Å². The summed E-state index contributed by atoms with van der Waals surface area (Å²) in [6.45, 7) is 2.70. The zero-order valence-corrected chi connectivity index (χ0v) is 13.5. The number of hydrogen-bond donors (Lipinski definition) is 0. The fraction of sp³-hybridized carbons (Fsp3) is 0.278. The predicted octanol–water partition coefficient (Wildman–Crippen LogP) is 3.71. The minimum absolute atomic E-state index is 0.383. The average molecular weight is 316 g/mol. The van der Waals surface area contributed by atoms with Gasteiger partial charge in [0.2, 0.25) is 0 Å². The molecule has 0 heterocycles. The normalized spacial score (nSPS) is 10.0. The molecule has 5 heteroatoms. The van der Waals surface area contributed by atoms with Gasteiger partial charge in [-0.3, -0.25) is 0 Å². The van der Waals surface area contributed by atoms with Gasteiger partial charge in [0.25, 0.3) is 0 Å². The molecule has 122 valence electrons. The molecular formula is C18H20O5. The molecule has 0 aromatic heterocycles. The van der Waals surface area contributed by atoms with Crippen LogP contribution in [-0.2, 0) is 0 Å². The van der Waals surface area contributed by atoms with E-state index in [1.54, 1.807) is 42.5 Å². The van der Waals surface area contributed by atoms with E-state index in [9.17, 15) is 4.79 Å². The Hall–Kier alpha value is -2.69. The van der Waals surface area contributed by atoms with Crippen LogP contribution in [0.2, 0.25) is 0 Å². The number of rotatable bonds is 7. The van der Waals surface area contributed by atoms with Crippen molar-refractivity contribution in [1.29, 1.82) is 0 Å². The lowest BCUT2D eigenvalue weighted by Gasteiger charge is -2.10. The van der Waals surface area contributed by atoms with Gasteiger partial charge in [-0.25, -0.2) is 4.79 Å². The highest BCUT2D eigenvalue weighted by Gasteiger charge is 2.13. The van der Waals surface area contributed by atoms with Gasteiger partial charge in [0, 0.05) is 0 Å². The van der Waals surface area contributed by atoms with Crippen LogP contribution in [0.15, 0.2) is 42.5 Å². The third-order valence-corrected chi connectivity index (χ3v) is 3.13. The molecule has 2 rings (SSSR count). The summed E-state index contributed by atoms with van der Waals surface area (Å²) < 4.78 is 21.2. The van der Waals surface area contributed by atoms with Crippen LogP contribution in [0.3, 0.4) is 0 Å². The predicted molar refractivity (Wildman–Crippen MR) is 86.7 cm³/mol. The molecule has 0 radical (unpaired) electrons. The van der Waals surface area contributed by atoms with Gasteiger partial charge in [0.05, 0.1) is 26.4 Å². The van der Waals surface area contributed by atoms with Crippen LogP contribution < -0.4 is 18.9 Å². The van der Waals surface area contributed by atoms with Crippen molar-refractivity contribution in [2.45, 2.75) is 13.3 Å².